The number of nitrogens with one attached hydrogen (secondary N) is 1. The average molecular weight is 250 g/mol. The molecule has 18 heavy (non-hydrogen) atoms. The minimum Gasteiger partial charge on any atom is -0.370 e. The Morgan fingerprint density at radius 1 is 1.22 bits per heavy atom. The lowest BCUT2D eigenvalue weighted by Crippen LogP contribution is -2.23. The highest BCUT2D eigenvalue weighted by Crippen LogP contribution is 2.15. The fourth-order valence-electron chi connectivity index (χ4n) is 1.84. The molecule has 0 fully saturated rings. The fraction of sp³-hybridized carbons (Fsp3) is 0.714. The Hall–Kier alpha value is -1.32. The molecule has 0 aromatic carbocycles. The molecular formula is C14H26N4. The number of aryl methyl sites for hydroxylation is 1. The van der Waals surface area contributed by atoms with Gasteiger partial charge in [-0.2, -0.15) is 0 Å². The van der Waals surface area contributed by atoms with Gasteiger partial charge in [0.25, 0.3) is 0 Å². The molecule has 0 saturated heterocycles. The summed E-state index contributed by atoms with van der Waals surface area (Å²) in [6.07, 6.45) is 1.16. The van der Waals surface area contributed by atoms with Gasteiger partial charge in [-0.3, -0.25) is 0 Å². The van der Waals surface area contributed by atoms with Crippen molar-refractivity contribution in [2.24, 2.45) is 5.92 Å². The van der Waals surface area contributed by atoms with Crippen LogP contribution in [0.2, 0.25) is 0 Å². The standard InChI is InChI=1S/C14H26N4/c1-6-18(7-2)14-10-13(16-12(5)17-14)15-9-8-11(3)4/h10-11H,6-9H2,1-5H3,(H,15,16,17). The highest BCUT2D eigenvalue weighted by Gasteiger charge is 2.07. The molecule has 1 aromatic heterocycles. The Kier molecular flexibility index (Phi) is 5.89. The normalized spacial score (nSPS) is 10.8. The van der Waals surface area contributed by atoms with Gasteiger partial charge in [-0.25, -0.2) is 9.97 Å². The van der Waals surface area contributed by atoms with E-state index >= 15 is 0 Å². The van der Waals surface area contributed by atoms with E-state index in [1.54, 1.807) is 0 Å². The van der Waals surface area contributed by atoms with Crippen LogP contribution in [0.1, 0.15) is 39.9 Å². The molecule has 0 bridgehead atoms. The second-order valence-electron chi connectivity index (χ2n) is 4.94. The zero-order valence-electron chi connectivity index (χ0n) is 12.3. The first-order chi connectivity index (χ1) is 8.56. The summed E-state index contributed by atoms with van der Waals surface area (Å²) in [5.74, 6) is 3.48. The van der Waals surface area contributed by atoms with Crippen molar-refractivity contribution in [3.8, 4) is 0 Å². The van der Waals surface area contributed by atoms with Crippen molar-refractivity contribution in [2.75, 3.05) is 29.9 Å². The van der Waals surface area contributed by atoms with Gasteiger partial charge in [0.1, 0.15) is 17.5 Å². The third-order valence-corrected chi connectivity index (χ3v) is 2.94. The van der Waals surface area contributed by atoms with E-state index in [0.29, 0.717) is 5.92 Å². The Bertz CT molecular complexity index is 359. The summed E-state index contributed by atoms with van der Waals surface area (Å²) < 4.78 is 0. The molecule has 1 rings (SSSR count). The Balaban J connectivity index is 2.74. The van der Waals surface area contributed by atoms with Crippen molar-refractivity contribution in [2.45, 2.75) is 41.0 Å². The Morgan fingerprint density at radius 3 is 2.44 bits per heavy atom. The van der Waals surface area contributed by atoms with E-state index in [1.165, 1.54) is 0 Å². The minimum absolute atomic E-state index is 0.711. The second kappa shape index (κ2) is 7.19. The maximum Gasteiger partial charge on any atom is 0.134 e. The monoisotopic (exact) mass is 250 g/mol. The molecule has 0 aliphatic rings. The van der Waals surface area contributed by atoms with Gasteiger partial charge in [-0.15, -0.1) is 0 Å². The predicted octanol–water partition coefficient (Wildman–Crippen LogP) is 3.09. The van der Waals surface area contributed by atoms with E-state index in [9.17, 15) is 0 Å². The van der Waals surface area contributed by atoms with Gasteiger partial charge in [-0.1, -0.05) is 13.8 Å². The van der Waals surface area contributed by atoms with Crippen molar-refractivity contribution < 1.29 is 0 Å². The maximum absolute atomic E-state index is 4.49. The molecule has 0 aliphatic heterocycles. The molecule has 0 radical (unpaired) electrons. The molecule has 1 aromatic rings. The van der Waals surface area contributed by atoms with Crippen LogP contribution in [0.15, 0.2) is 6.07 Å². The molecule has 0 aliphatic carbocycles. The van der Waals surface area contributed by atoms with E-state index in [2.05, 4.69) is 47.9 Å². The number of aromatic nitrogens is 2. The first kappa shape index (κ1) is 14.7. The largest absolute Gasteiger partial charge is 0.370 e. The van der Waals surface area contributed by atoms with Crippen molar-refractivity contribution in [1.29, 1.82) is 0 Å². The lowest BCUT2D eigenvalue weighted by Gasteiger charge is -2.20. The average Bonchev–Trinajstić information content (AvgIpc) is 2.29. The molecule has 0 saturated carbocycles. The molecule has 0 atom stereocenters. The zero-order valence-corrected chi connectivity index (χ0v) is 12.3. The molecule has 1 heterocycles. The van der Waals surface area contributed by atoms with E-state index < -0.39 is 0 Å². The quantitative estimate of drug-likeness (QED) is 0.807. The second-order valence-corrected chi connectivity index (χ2v) is 4.94. The Morgan fingerprint density at radius 2 is 1.89 bits per heavy atom. The SMILES string of the molecule is CCN(CC)c1cc(NCCC(C)C)nc(C)n1. The van der Waals surface area contributed by atoms with Gasteiger partial charge >= 0.3 is 0 Å². The van der Waals surface area contributed by atoms with Crippen LogP contribution in [0, 0.1) is 12.8 Å². The number of nitrogens with zero attached hydrogens (tertiary/aromatic N) is 3. The fourth-order valence-corrected chi connectivity index (χ4v) is 1.84. The molecule has 1 N–H and O–H groups in total. The molecule has 102 valence electrons. The van der Waals surface area contributed by atoms with Gasteiger partial charge in [0.15, 0.2) is 0 Å². The summed E-state index contributed by atoms with van der Waals surface area (Å²) >= 11 is 0. The van der Waals surface area contributed by atoms with Crippen LogP contribution in [-0.2, 0) is 0 Å². The van der Waals surface area contributed by atoms with Gasteiger partial charge in [0, 0.05) is 25.7 Å². The minimum atomic E-state index is 0.711. The lowest BCUT2D eigenvalue weighted by molar-refractivity contribution is 0.606. The summed E-state index contributed by atoms with van der Waals surface area (Å²) in [6, 6.07) is 2.04. The van der Waals surface area contributed by atoms with Crippen LogP contribution < -0.4 is 10.2 Å². The van der Waals surface area contributed by atoms with E-state index in [-0.39, 0.29) is 0 Å². The highest BCUT2D eigenvalue weighted by molar-refractivity contribution is 5.49. The van der Waals surface area contributed by atoms with Crippen LogP contribution in [-0.4, -0.2) is 29.6 Å². The summed E-state index contributed by atoms with van der Waals surface area (Å²) in [7, 11) is 0. The molecule has 0 unspecified atom stereocenters. The summed E-state index contributed by atoms with van der Waals surface area (Å²) in [4.78, 5) is 11.2. The molecule has 4 nitrogen and oxygen atoms in total. The van der Waals surface area contributed by atoms with Crippen molar-refractivity contribution >= 4 is 11.6 Å². The molecule has 0 spiro atoms. The number of hydrogen-bond acceptors (Lipinski definition) is 4. The topological polar surface area (TPSA) is 41.0 Å². The summed E-state index contributed by atoms with van der Waals surface area (Å²) in [5.41, 5.74) is 0. The van der Waals surface area contributed by atoms with E-state index in [0.717, 1.165) is 43.5 Å². The third kappa shape index (κ3) is 4.51. The van der Waals surface area contributed by atoms with Gasteiger partial charge in [0.05, 0.1) is 0 Å². The number of hydrogen-bond donors (Lipinski definition) is 1. The third-order valence-electron chi connectivity index (χ3n) is 2.94. The lowest BCUT2D eigenvalue weighted by atomic mass is 10.1. The van der Waals surface area contributed by atoms with Crippen LogP contribution in [0.5, 0.6) is 0 Å². The molecule has 4 heteroatoms. The molecule has 0 amide bonds. The summed E-state index contributed by atoms with van der Waals surface area (Å²) in [6.45, 7) is 13.6. The maximum atomic E-state index is 4.49. The summed E-state index contributed by atoms with van der Waals surface area (Å²) in [5, 5.41) is 3.38. The highest BCUT2D eigenvalue weighted by atomic mass is 15.2. The van der Waals surface area contributed by atoms with Crippen molar-refractivity contribution in [3.63, 3.8) is 0 Å². The van der Waals surface area contributed by atoms with Gasteiger partial charge in [0.2, 0.25) is 0 Å². The Labute approximate surface area is 111 Å². The van der Waals surface area contributed by atoms with E-state index in [1.807, 2.05) is 13.0 Å². The van der Waals surface area contributed by atoms with Crippen LogP contribution in [0.4, 0.5) is 11.6 Å². The van der Waals surface area contributed by atoms with Gasteiger partial charge in [-0.05, 0) is 33.1 Å². The van der Waals surface area contributed by atoms with Crippen molar-refractivity contribution in [3.05, 3.63) is 11.9 Å². The first-order valence-corrected chi connectivity index (χ1v) is 6.91. The van der Waals surface area contributed by atoms with Crippen LogP contribution >= 0.6 is 0 Å². The van der Waals surface area contributed by atoms with Gasteiger partial charge < -0.3 is 10.2 Å². The van der Waals surface area contributed by atoms with E-state index in [4.69, 9.17) is 0 Å². The number of anilines is 2. The van der Waals surface area contributed by atoms with Crippen LogP contribution in [0.25, 0.3) is 0 Å². The number of rotatable bonds is 7. The first-order valence-electron chi connectivity index (χ1n) is 6.91. The van der Waals surface area contributed by atoms with Crippen LogP contribution in [0.3, 0.4) is 0 Å². The predicted molar refractivity (Wildman–Crippen MR) is 78.3 cm³/mol. The molecular weight excluding hydrogens is 224 g/mol. The zero-order chi connectivity index (χ0) is 13.5. The van der Waals surface area contributed by atoms with Crippen molar-refractivity contribution in [1.82, 2.24) is 9.97 Å². The smallest absolute Gasteiger partial charge is 0.134 e.